The molecule has 0 saturated carbocycles. The molecule has 5 nitrogen and oxygen atoms in total. The Hall–Kier alpha value is -2.79. The van der Waals surface area contributed by atoms with E-state index in [-0.39, 0.29) is 5.56 Å². The number of rotatable bonds is 5. The number of carboxylic acids is 1. The Morgan fingerprint density at radius 1 is 1.25 bits per heavy atom. The third kappa shape index (κ3) is 3.26. The van der Waals surface area contributed by atoms with Gasteiger partial charge in [0, 0.05) is 23.2 Å². The van der Waals surface area contributed by atoms with Gasteiger partial charge < -0.3 is 15.2 Å². The molecule has 6 heteroatoms. The van der Waals surface area contributed by atoms with Crippen LogP contribution in [0.15, 0.2) is 48.7 Å². The van der Waals surface area contributed by atoms with E-state index in [0.29, 0.717) is 33.9 Å². The molecule has 0 saturated heterocycles. The van der Waals surface area contributed by atoms with Crippen molar-refractivity contribution >= 4 is 34.2 Å². The summed E-state index contributed by atoms with van der Waals surface area (Å²) in [4.78, 5) is 15.8. The molecule has 0 bridgehead atoms. The lowest BCUT2D eigenvalue weighted by atomic mass is 10.1. The number of anilines is 1. The lowest BCUT2D eigenvalue weighted by Crippen LogP contribution is -2.08. The molecule has 2 N–H and O–H groups in total. The largest absolute Gasteiger partial charge is 0.497 e. The van der Waals surface area contributed by atoms with E-state index < -0.39 is 5.97 Å². The minimum Gasteiger partial charge on any atom is -0.497 e. The van der Waals surface area contributed by atoms with Crippen LogP contribution >= 0.6 is 11.6 Å². The minimum atomic E-state index is -1.04. The lowest BCUT2D eigenvalue weighted by Gasteiger charge is -2.13. The summed E-state index contributed by atoms with van der Waals surface area (Å²) in [6, 6.07) is 12.7. The first-order valence-corrected chi connectivity index (χ1v) is 7.64. The fourth-order valence-electron chi connectivity index (χ4n) is 2.44. The summed E-state index contributed by atoms with van der Waals surface area (Å²) in [5.41, 5.74) is 2.31. The molecule has 3 aromatic rings. The zero-order valence-corrected chi connectivity index (χ0v) is 13.7. The van der Waals surface area contributed by atoms with Crippen LogP contribution in [-0.2, 0) is 6.54 Å². The number of carbonyl (C=O) groups is 1. The van der Waals surface area contributed by atoms with Crippen molar-refractivity contribution < 1.29 is 14.6 Å². The van der Waals surface area contributed by atoms with Crippen molar-refractivity contribution in [2.45, 2.75) is 6.54 Å². The van der Waals surface area contributed by atoms with Crippen molar-refractivity contribution in [2.24, 2.45) is 0 Å². The molecule has 0 radical (unpaired) electrons. The smallest absolute Gasteiger partial charge is 0.339 e. The van der Waals surface area contributed by atoms with Crippen LogP contribution in [0.5, 0.6) is 5.75 Å². The average molecular weight is 343 g/mol. The monoisotopic (exact) mass is 342 g/mol. The highest BCUT2D eigenvalue weighted by atomic mass is 35.5. The normalized spacial score (nSPS) is 10.6. The van der Waals surface area contributed by atoms with E-state index in [2.05, 4.69) is 10.3 Å². The third-order valence-electron chi connectivity index (χ3n) is 3.69. The molecule has 24 heavy (non-hydrogen) atoms. The van der Waals surface area contributed by atoms with Crippen LogP contribution in [0, 0.1) is 0 Å². The molecule has 0 unspecified atom stereocenters. The van der Waals surface area contributed by atoms with Gasteiger partial charge in [-0.3, -0.25) is 4.98 Å². The number of methoxy groups -OCH3 is 1. The molecule has 0 amide bonds. The number of nitrogens with one attached hydrogen (secondary N) is 1. The van der Waals surface area contributed by atoms with Gasteiger partial charge in [-0.1, -0.05) is 23.7 Å². The summed E-state index contributed by atoms with van der Waals surface area (Å²) in [5, 5.41) is 14.0. The molecule has 0 aliphatic rings. The first-order chi connectivity index (χ1) is 11.6. The summed E-state index contributed by atoms with van der Waals surface area (Å²) in [6.07, 6.45) is 1.36. The van der Waals surface area contributed by atoms with Crippen molar-refractivity contribution in [3.8, 4) is 5.75 Å². The molecule has 1 aromatic heterocycles. The Morgan fingerprint density at radius 2 is 2.00 bits per heavy atom. The second kappa shape index (κ2) is 6.76. The Kier molecular flexibility index (Phi) is 4.53. The maximum absolute atomic E-state index is 11.5. The van der Waals surface area contributed by atoms with Crippen LogP contribution in [-0.4, -0.2) is 23.2 Å². The number of ether oxygens (including phenoxy) is 1. The van der Waals surface area contributed by atoms with E-state index in [9.17, 15) is 9.90 Å². The second-order valence-corrected chi connectivity index (χ2v) is 5.65. The van der Waals surface area contributed by atoms with Crippen molar-refractivity contribution in [1.82, 2.24) is 4.98 Å². The quantitative estimate of drug-likeness (QED) is 0.726. The number of nitrogens with zero attached hydrogens (tertiary/aromatic N) is 1. The number of carboxylic acid groups (broad SMARTS) is 1. The minimum absolute atomic E-state index is 0.115. The molecule has 122 valence electrons. The number of benzene rings is 2. The Bertz CT molecular complexity index is 895. The first kappa shape index (κ1) is 16.1. The molecule has 0 aliphatic heterocycles. The highest BCUT2D eigenvalue weighted by Crippen LogP contribution is 2.30. The predicted octanol–water partition coefficient (Wildman–Crippen LogP) is 4.21. The van der Waals surface area contributed by atoms with Gasteiger partial charge in [0.15, 0.2) is 0 Å². The Labute approximate surface area is 143 Å². The number of aromatic nitrogens is 1. The van der Waals surface area contributed by atoms with Gasteiger partial charge in [0.2, 0.25) is 0 Å². The molecule has 0 fully saturated rings. The molecular weight excluding hydrogens is 328 g/mol. The Balaban J connectivity index is 2.03. The fraction of sp³-hybridized carbons (Fsp3) is 0.111. The van der Waals surface area contributed by atoms with E-state index in [1.165, 1.54) is 6.20 Å². The predicted molar refractivity (Wildman–Crippen MR) is 94.0 cm³/mol. The number of hydrogen-bond donors (Lipinski definition) is 2. The molecule has 0 atom stereocenters. The molecule has 0 spiro atoms. The molecule has 1 heterocycles. The number of halogens is 1. The first-order valence-electron chi connectivity index (χ1n) is 7.27. The van der Waals surface area contributed by atoms with Gasteiger partial charge in [0.05, 0.1) is 18.3 Å². The van der Waals surface area contributed by atoms with Gasteiger partial charge in [0.25, 0.3) is 0 Å². The van der Waals surface area contributed by atoms with Crippen molar-refractivity contribution in [3.05, 3.63) is 64.8 Å². The number of hydrogen-bond acceptors (Lipinski definition) is 4. The summed E-state index contributed by atoms with van der Waals surface area (Å²) in [6.45, 7) is 0.466. The van der Waals surface area contributed by atoms with Gasteiger partial charge >= 0.3 is 5.97 Å². The maximum Gasteiger partial charge on any atom is 0.339 e. The van der Waals surface area contributed by atoms with Crippen molar-refractivity contribution in [3.63, 3.8) is 0 Å². The zero-order chi connectivity index (χ0) is 17.1. The molecule has 0 aliphatic carbocycles. The van der Waals surface area contributed by atoms with Gasteiger partial charge in [0.1, 0.15) is 11.3 Å². The number of aromatic carboxylic acids is 1. The van der Waals surface area contributed by atoms with E-state index >= 15 is 0 Å². The standard InChI is InChI=1S/C18H15ClN2O3/c1-24-13-6-7-16-14(8-13)17(15(10-20-16)18(22)23)21-9-11-2-4-12(19)5-3-11/h2-8,10H,9H2,1H3,(H,20,21)(H,22,23). The summed E-state index contributed by atoms with van der Waals surface area (Å²) >= 11 is 5.89. The SMILES string of the molecule is COc1ccc2ncc(C(=O)O)c(NCc3ccc(Cl)cc3)c2c1. The van der Waals surface area contributed by atoms with Crippen LogP contribution in [0.1, 0.15) is 15.9 Å². The zero-order valence-electron chi connectivity index (χ0n) is 12.9. The van der Waals surface area contributed by atoms with Gasteiger partial charge in [-0.15, -0.1) is 0 Å². The van der Waals surface area contributed by atoms with Crippen LogP contribution < -0.4 is 10.1 Å². The summed E-state index contributed by atoms with van der Waals surface area (Å²) in [5.74, 6) is -0.396. The topological polar surface area (TPSA) is 71.5 Å². The van der Waals surface area contributed by atoms with Crippen molar-refractivity contribution in [1.29, 1.82) is 0 Å². The molecule has 2 aromatic carbocycles. The number of fused-ring (bicyclic) bond motifs is 1. The van der Waals surface area contributed by atoms with Gasteiger partial charge in [-0.2, -0.15) is 0 Å². The van der Waals surface area contributed by atoms with E-state index in [4.69, 9.17) is 16.3 Å². The highest BCUT2D eigenvalue weighted by molar-refractivity contribution is 6.30. The molecule has 3 rings (SSSR count). The van der Waals surface area contributed by atoms with E-state index in [1.54, 1.807) is 37.4 Å². The van der Waals surface area contributed by atoms with Gasteiger partial charge in [-0.25, -0.2) is 4.79 Å². The van der Waals surface area contributed by atoms with E-state index in [0.717, 1.165) is 5.56 Å². The van der Waals surface area contributed by atoms with Crippen LogP contribution in [0.4, 0.5) is 5.69 Å². The van der Waals surface area contributed by atoms with Crippen LogP contribution in [0.2, 0.25) is 5.02 Å². The van der Waals surface area contributed by atoms with E-state index in [1.807, 2.05) is 12.1 Å². The van der Waals surface area contributed by atoms with Crippen LogP contribution in [0.25, 0.3) is 10.9 Å². The van der Waals surface area contributed by atoms with Crippen molar-refractivity contribution in [2.75, 3.05) is 12.4 Å². The van der Waals surface area contributed by atoms with Gasteiger partial charge in [-0.05, 0) is 35.9 Å². The average Bonchev–Trinajstić information content (AvgIpc) is 2.60. The number of pyridine rings is 1. The Morgan fingerprint density at radius 3 is 2.67 bits per heavy atom. The second-order valence-electron chi connectivity index (χ2n) is 5.22. The fourth-order valence-corrected chi connectivity index (χ4v) is 2.57. The highest BCUT2D eigenvalue weighted by Gasteiger charge is 2.15. The molecular formula is C18H15ClN2O3. The van der Waals surface area contributed by atoms with Crippen LogP contribution in [0.3, 0.4) is 0 Å². The summed E-state index contributed by atoms with van der Waals surface area (Å²) < 4.78 is 5.24. The summed E-state index contributed by atoms with van der Waals surface area (Å²) in [7, 11) is 1.57. The third-order valence-corrected chi connectivity index (χ3v) is 3.94. The maximum atomic E-state index is 11.5. The lowest BCUT2D eigenvalue weighted by molar-refractivity contribution is 0.0697.